The lowest BCUT2D eigenvalue weighted by Crippen LogP contribution is -2.54. The van der Waals surface area contributed by atoms with Crippen LogP contribution in [0.4, 0.5) is 0 Å². The molecule has 0 aromatic carbocycles. The van der Waals surface area contributed by atoms with Gasteiger partial charge < -0.3 is 9.80 Å². The topological polar surface area (TPSA) is 16.2 Å². The van der Waals surface area contributed by atoms with Crippen LogP contribution in [-0.2, 0) is 0 Å². The molecule has 3 aliphatic rings. The van der Waals surface area contributed by atoms with E-state index in [0.29, 0.717) is 0 Å². The maximum Gasteiger partial charge on any atom is 0.0121 e. The smallest absolute Gasteiger partial charge is 0.0121 e. The minimum Gasteiger partial charge on any atom is -0.306 e. The summed E-state index contributed by atoms with van der Waals surface area (Å²) in [7, 11) is 4.49. The van der Waals surface area contributed by atoms with Crippen molar-refractivity contribution in [1.82, 2.24) is 24.5 Å². The van der Waals surface area contributed by atoms with Crippen LogP contribution >= 0.6 is 0 Å². The molecule has 0 radical (unpaired) electrons. The third-order valence-corrected chi connectivity index (χ3v) is 5.94. The van der Waals surface area contributed by atoms with Crippen LogP contribution in [0.1, 0.15) is 12.8 Å². The Labute approximate surface area is 136 Å². The lowest BCUT2D eigenvalue weighted by molar-refractivity contribution is 0.0568. The highest BCUT2D eigenvalue weighted by Gasteiger charge is 2.26. The minimum atomic E-state index is 0.857. The lowest BCUT2D eigenvalue weighted by Gasteiger charge is -2.42. The fourth-order valence-electron chi connectivity index (χ4n) is 4.07. The summed E-state index contributed by atoms with van der Waals surface area (Å²) in [6.45, 7) is 15.2. The number of hydrogen-bond donors (Lipinski definition) is 0. The van der Waals surface area contributed by atoms with Crippen molar-refractivity contribution in [2.75, 3.05) is 92.6 Å². The molecule has 3 aliphatic heterocycles. The number of hydrogen-bond acceptors (Lipinski definition) is 5. The van der Waals surface area contributed by atoms with Gasteiger partial charge in [-0.2, -0.15) is 0 Å². The molecule has 22 heavy (non-hydrogen) atoms. The highest BCUT2D eigenvalue weighted by atomic mass is 15.3. The number of piperazine rings is 2. The molecule has 3 fully saturated rings. The molecule has 0 aliphatic carbocycles. The van der Waals surface area contributed by atoms with Crippen molar-refractivity contribution in [3.63, 3.8) is 0 Å². The van der Waals surface area contributed by atoms with Gasteiger partial charge in [-0.3, -0.25) is 14.7 Å². The summed E-state index contributed by atoms with van der Waals surface area (Å²) in [6, 6.07) is 0.857. The van der Waals surface area contributed by atoms with Gasteiger partial charge in [-0.05, 0) is 40.0 Å². The van der Waals surface area contributed by atoms with Crippen LogP contribution in [0.3, 0.4) is 0 Å². The molecule has 0 aromatic rings. The van der Waals surface area contributed by atoms with Crippen LogP contribution in [-0.4, -0.2) is 123 Å². The van der Waals surface area contributed by atoms with Crippen LogP contribution in [0.5, 0.6) is 0 Å². The zero-order valence-electron chi connectivity index (χ0n) is 14.7. The number of likely N-dealkylation sites (N-methyl/N-ethyl adjacent to an activating group) is 1. The highest BCUT2D eigenvalue weighted by Crippen LogP contribution is 2.17. The molecule has 3 heterocycles. The SMILES string of the molecule is CN1CCC(N2CCN(CCN3CCN(C)CC3)CC2)CC1. The van der Waals surface area contributed by atoms with Gasteiger partial charge in [0.25, 0.3) is 0 Å². The Bertz CT molecular complexity index is 313. The summed E-state index contributed by atoms with van der Waals surface area (Å²) < 4.78 is 0. The van der Waals surface area contributed by atoms with E-state index in [1.165, 1.54) is 91.4 Å². The summed E-state index contributed by atoms with van der Waals surface area (Å²) in [5, 5.41) is 0. The Kier molecular flexibility index (Phi) is 6.10. The zero-order valence-corrected chi connectivity index (χ0v) is 14.7. The van der Waals surface area contributed by atoms with E-state index >= 15 is 0 Å². The van der Waals surface area contributed by atoms with Crippen molar-refractivity contribution in [3.05, 3.63) is 0 Å². The molecule has 0 N–H and O–H groups in total. The molecule has 5 heteroatoms. The molecule has 3 saturated heterocycles. The van der Waals surface area contributed by atoms with E-state index in [9.17, 15) is 0 Å². The summed E-state index contributed by atoms with van der Waals surface area (Å²) in [6.07, 6.45) is 2.75. The molecular weight excluding hydrogens is 274 g/mol. The average Bonchev–Trinajstić information content (AvgIpc) is 2.56. The van der Waals surface area contributed by atoms with E-state index in [2.05, 4.69) is 38.6 Å². The van der Waals surface area contributed by atoms with Crippen LogP contribution in [0.15, 0.2) is 0 Å². The Hall–Kier alpha value is -0.200. The molecule has 0 unspecified atom stereocenters. The summed E-state index contributed by atoms with van der Waals surface area (Å²) in [5.41, 5.74) is 0. The van der Waals surface area contributed by atoms with E-state index in [4.69, 9.17) is 0 Å². The standard InChI is InChI=1S/C17H35N5/c1-18-5-3-17(4-6-18)22-15-13-21(14-16-22)12-11-20-9-7-19(2)8-10-20/h17H,3-16H2,1-2H3. The van der Waals surface area contributed by atoms with Crippen molar-refractivity contribution in [1.29, 1.82) is 0 Å². The Morgan fingerprint density at radius 2 is 1.05 bits per heavy atom. The van der Waals surface area contributed by atoms with E-state index in [0.717, 1.165) is 6.04 Å². The lowest BCUT2D eigenvalue weighted by atomic mass is 10.0. The quantitative estimate of drug-likeness (QED) is 0.721. The predicted molar refractivity (Wildman–Crippen MR) is 92.5 cm³/mol. The second-order valence-electron chi connectivity index (χ2n) is 7.56. The van der Waals surface area contributed by atoms with E-state index in [1.807, 2.05) is 0 Å². The van der Waals surface area contributed by atoms with Gasteiger partial charge in [-0.1, -0.05) is 0 Å². The fraction of sp³-hybridized carbons (Fsp3) is 1.00. The molecular formula is C17H35N5. The minimum absolute atomic E-state index is 0.857. The second-order valence-corrected chi connectivity index (χ2v) is 7.56. The zero-order chi connectivity index (χ0) is 15.4. The van der Waals surface area contributed by atoms with E-state index < -0.39 is 0 Å². The van der Waals surface area contributed by atoms with Gasteiger partial charge in [-0.15, -0.1) is 0 Å². The molecule has 0 atom stereocenters. The second kappa shape index (κ2) is 8.06. The number of piperidine rings is 1. The molecule has 5 nitrogen and oxygen atoms in total. The van der Waals surface area contributed by atoms with Crippen LogP contribution in [0, 0.1) is 0 Å². The molecule has 3 rings (SSSR count). The monoisotopic (exact) mass is 309 g/mol. The third kappa shape index (κ3) is 4.65. The van der Waals surface area contributed by atoms with Crippen LogP contribution in [0.25, 0.3) is 0 Å². The van der Waals surface area contributed by atoms with Gasteiger partial charge in [0, 0.05) is 71.5 Å². The molecule has 128 valence electrons. The van der Waals surface area contributed by atoms with Gasteiger partial charge in [-0.25, -0.2) is 0 Å². The Balaban J connectivity index is 1.32. The first-order valence-electron chi connectivity index (χ1n) is 9.26. The largest absolute Gasteiger partial charge is 0.306 e. The van der Waals surface area contributed by atoms with Crippen molar-refractivity contribution in [2.24, 2.45) is 0 Å². The fourth-order valence-corrected chi connectivity index (χ4v) is 4.07. The van der Waals surface area contributed by atoms with Crippen molar-refractivity contribution in [3.8, 4) is 0 Å². The first-order chi connectivity index (χ1) is 10.7. The number of nitrogens with zero attached hydrogens (tertiary/aromatic N) is 5. The van der Waals surface area contributed by atoms with Crippen molar-refractivity contribution >= 4 is 0 Å². The van der Waals surface area contributed by atoms with Crippen LogP contribution < -0.4 is 0 Å². The Morgan fingerprint density at radius 1 is 0.591 bits per heavy atom. The molecule has 0 saturated carbocycles. The molecule has 0 amide bonds. The normalized spacial score (nSPS) is 29.2. The molecule has 0 aromatic heterocycles. The van der Waals surface area contributed by atoms with Crippen molar-refractivity contribution < 1.29 is 0 Å². The summed E-state index contributed by atoms with van der Waals surface area (Å²) in [4.78, 5) is 13.0. The first-order valence-corrected chi connectivity index (χ1v) is 9.26. The number of likely N-dealkylation sites (tertiary alicyclic amines) is 1. The van der Waals surface area contributed by atoms with Gasteiger partial charge >= 0.3 is 0 Å². The maximum atomic E-state index is 2.76. The first kappa shape index (κ1) is 16.7. The van der Waals surface area contributed by atoms with Gasteiger partial charge in [0.1, 0.15) is 0 Å². The molecule has 0 spiro atoms. The van der Waals surface area contributed by atoms with Gasteiger partial charge in [0.05, 0.1) is 0 Å². The number of rotatable bonds is 4. The van der Waals surface area contributed by atoms with E-state index in [1.54, 1.807) is 0 Å². The highest BCUT2D eigenvalue weighted by molar-refractivity contribution is 4.83. The average molecular weight is 310 g/mol. The van der Waals surface area contributed by atoms with Gasteiger partial charge in [0.15, 0.2) is 0 Å². The van der Waals surface area contributed by atoms with Crippen LogP contribution in [0.2, 0.25) is 0 Å². The van der Waals surface area contributed by atoms with Gasteiger partial charge in [0.2, 0.25) is 0 Å². The summed E-state index contributed by atoms with van der Waals surface area (Å²) >= 11 is 0. The molecule has 0 bridgehead atoms. The van der Waals surface area contributed by atoms with Crippen molar-refractivity contribution in [2.45, 2.75) is 18.9 Å². The predicted octanol–water partition coefficient (Wildman–Crippen LogP) is -0.0544. The Morgan fingerprint density at radius 3 is 1.59 bits per heavy atom. The third-order valence-electron chi connectivity index (χ3n) is 5.94. The summed E-state index contributed by atoms with van der Waals surface area (Å²) in [5.74, 6) is 0. The van der Waals surface area contributed by atoms with E-state index in [-0.39, 0.29) is 0 Å². The maximum absolute atomic E-state index is 2.76.